The zero-order valence-corrected chi connectivity index (χ0v) is 9.68. The van der Waals surface area contributed by atoms with Gasteiger partial charge in [-0.05, 0) is 19.1 Å². The second-order valence-electron chi connectivity index (χ2n) is 1.56. The molecule has 0 aromatic heterocycles. The minimum atomic E-state index is 0.343. The second kappa shape index (κ2) is 10.8. The Morgan fingerprint density at radius 3 is 1.33 bits per heavy atom. The largest absolute Gasteiger partial charge is 0.469 e. The van der Waals surface area contributed by atoms with E-state index in [1.54, 1.807) is 23.5 Å². The van der Waals surface area contributed by atoms with Crippen LogP contribution >= 0.6 is 23.5 Å². The molecule has 0 bridgehead atoms. The van der Waals surface area contributed by atoms with Crippen LogP contribution in [0.5, 0.6) is 0 Å². The van der Waals surface area contributed by atoms with Gasteiger partial charge in [-0.2, -0.15) is 0 Å². The third-order valence-electron chi connectivity index (χ3n) is 0.911. The summed E-state index contributed by atoms with van der Waals surface area (Å²) in [5.74, 6) is 0.343. The lowest BCUT2D eigenvalue weighted by Gasteiger charge is -1.97. The number of ether oxygens (including phenoxy) is 2. The molecule has 0 aromatic rings. The molecule has 0 amide bonds. The first-order valence-electron chi connectivity index (χ1n) is 3.16. The first-order chi connectivity index (χ1) is 5.62. The fraction of sp³-hybridized carbons (Fsp3) is 0.500. The maximum absolute atomic E-state index is 4.48. The fourth-order valence-corrected chi connectivity index (χ4v) is 0.833. The van der Waals surface area contributed by atoms with Crippen LogP contribution in [-0.2, 0) is 9.47 Å². The highest BCUT2D eigenvalue weighted by atomic mass is 32.2. The van der Waals surface area contributed by atoms with Crippen molar-refractivity contribution in [3.05, 3.63) is 23.3 Å². The van der Waals surface area contributed by atoms with Gasteiger partial charge < -0.3 is 9.47 Å². The van der Waals surface area contributed by atoms with Crippen molar-refractivity contribution >= 4 is 23.5 Å². The van der Waals surface area contributed by atoms with Gasteiger partial charge in [0.2, 0.25) is 0 Å². The van der Waals surface area contributed by atoms with Crippen LogP contribution in [-0.4, -0.2) is 26.7 Å². The molecule has 0 aromatic carbocycles. The molecule has 0 fully saturated rings. The predicted octanol–water partition coefficient (Wildman–Crippen LogP) is 2.93. The van der Waals surface area contributed by atoms with Gasteiger partial charge in [0.05, 0.1) is 14.2 Å². The van der Waals surface area contributed by atoms with Crippen molar-refractivity contribution in [3.8, 4) is 0 Å². The Bertz CT molecular complexity index is 107. The van der Waals surface area contributed by atoms with Crippen molar-refractivity contribution in [1.29, 1.82) is 0 Å². The van der Waals surface area contributed by atoms with Crippen LogP contribution in [0.1, 0.15) is 0 Å². The van der Waals surface area contributed by atoms with Crippen LogP contribution in [0.2, 0.25) is 0 Å². The van der Waals surface area contributed by atoms with Crippen molar-refractivity contribution < 1.29 is 9.47 Å². The molecule has 0 saturated carbocycles. The zero-order chi connectivity index (χ0) is 9.98. The molecule has 4 heteroatoms. The van der Waals surface area contributed by atoms with E-state index in [2.05, 4.69) is 22.6 Å². The van der Waals surface area contributed by atoms with E-state index in [-0.39, 0.29) is 0 Å². The van der Waals surface area contributed by atoms with Gasteiger partial charge in [-0.1, -0.05) is 6.58 Å². The summed E-state index contributed by atoms with van der Waals surface area (Å²) in [5, 5.41) is 0. The quantitative estimate of drug-likeness (QED) is 0.661. The van der Waals surface area contributed by atoms with E-state index in [1.807, 2.05) is 12.5 Å². The van der Waals surface area contributed by atoms with Gasteiger partial charge in [-0.25, -0.2) is 0 Å². The van der Waals surface area contributed by atoms with Crippen molar-refractivity contribution in [3.63, 3.8) is 0 Å². The molecular formula is C8H16O2S2. The summed E-state index contributed by atoms with van der Waals surface area (Å²) in [5.41, 5.74) is 0. The zero-order valence-electron chi connectivity index (χ0n) is 8.05. The Kier molecular flexibility index (Phi) is 12.9. The van der Waals surface area contributed by atoms with Crippen molar-refractivity contribution in [2.75, 3.05) is 26.7 Å². The van der Waals surface area contributed by atoms with E-state index in [1.165, 1.54) is 18.5 Å². The Morgan fingerprint density at radius 1 is 1.00 bits per heavy atom. The highest BCUT2D eigenvalue weighted by molar-refractivity contribution is 8.21. The lowest BCUT2D eigenvalue weighted by Crippen LogP contribution is -1.83. The molecule has 2 nitrogen and oxygen atoms in total. The molecule has 12 heavy (non-hydrogen) atoms. The fourth-order valence-electron chi connectivity index (χ4n) is 0.167. The first-order valence-corrected chi connectivity index (χ1v) is 5.61. The molecule has 0 aliphatic carbocycles. The third-order valence-corrected chi connectivity index (χ3v) is 2.82. The summed E-state index contributed by atoms with van der Waals surface area (Å²) in [6.45, 7) is 7.06. The number of hydrogen-bond acceptors (Lipinski definition) is 4. The van der Waals surface area contributed by atoms with E-state index in [9.17, 15) is 0 Å². The molecule has 0 aliphatic heterocycles. The normalized spacial score (nSPS) is 7.67. The number of hydrogen-bond donors (Lipinski definition) is 0. The first kappa shape index (κ1) is 14.3. The summed E-state index contributed by atoms with van der Waals surface area (Å²) in [7, 11) is 3.01. The molecule has 0 spiro atoms. The van der Waals surface area contributed by atoms with E-state index >= 15 is 0 Å². The minimum absolute atomic E-state index is 0.343. The Morgan fingerprint density at radius 2 is 1.33 bits per heavy atom. The van der Waals surface area contributed by atoms with Crippen molar-refractivity contribution in [1.82, 2.24) is 0 Å². The molecule has 0 N–H and O–H groups in total. The summed E-state index contributed by atoms with van der Waals surface area (Å²) in [6.07, 6.45) is 4.05. The summed E-state index contributed by atoms with van der Waals surface area (Å²) in [6, 6.07) is 0. The Hall–Kier alpha value is -0.220. The van der Waals surface area contributed by atoms with E-state index in [0.717, 1.165) is 0 Å². The molecule has 0 radical (unpaired) electrons. The average Bonchev–Trinajstić information content (AvgIpc) is 2.16. The van der Waals surface area contributed by atoms with Crippen molar-refractivity contribution in [2.24, 2.45) is 0 Å². The molecule has 0 unspecified atom stereocenters. The van der Waals surface area contributed by atoms with Gasteiger partial charge in [-0.15, -0.1) is 23.5 Å². The summed E-state index contributed by atoms with van der Waals surface area (Å²) < 4.78 is 10.1. The van der Waals surface area contributed by atoms with E-state index < -0.39 is 0 Å². The number of rotatable bonds is 4. The summed E-state index contributed by atoms with van der Waals surface area (Å²) >= 11 is 3.39. The number of thioether (sulfide) groups is 2. The Labute approximate surface area is 83.4 Å². The van der Waals surface area contributed by atoms with E-state index in [0.29, 0.717) is 5.95 Å². The molecule has 0 heterocycles. The van der Waals surface area contributed by atoms with Gasteiger partial charge in [0.15, 0.2) is 0 Å². The molecule has 0 atom stereocenters. The average molecular weight is 208 g/mol. The molecule has 0 saturated heterocycles. The second-order valence-corrected chi connectivity index (χ2v) is 3.62. The molecule has 0 rings (SSSR count). The topological polar surface area (TPSA) is 18.5 Å². The molecular weight excluding hydrogens is 192 g/mol. The van der Waals surface area contributed by atoms with Crippen LogP contribution in [0.3, 0.4) is 0 Å². The maximum Gasteiger partial charge on any atom is 0.270 e. The van der Waals surface area contributed by atoms with Crippen molar-refractivity contribution in [2.45, 2.75) is 0 Å². The highest BCUT2D eigenvalue weighted by Crippen LogP contribution is 2.19. The van der Waals surface area contributed by atoms with Crippen LogP contribution in [0.25, 0.3) is 0 Å². The van der Waals surface area contributed by atoms with Gasteiger partial charge in [0.25, 0.3) is 5.95 Å². The van der Waals surface area contributed by atoms with Gasteiger partial charge in [0.1, 0.15) is 0 Å². The Balaban J connectivity index is 0. The SMILES string of the molecule is C=C(OC)OC.C=C(SC)SC. The predicted molar refractivity (Wildman–Crippen MR) is 59.3 cm³/mol. The van der Waals surface area contributed by atoms with Gasteiger partial charge >= 0.3 is 0 Å². The van der Waals surface area contributed by atoms with Crippen LogP contribution in [0, 0.1) is 0 Å². The lowest BCUT2D eigenvalue weighted by molar-refractivity contribution is 0.0976. The third kappa shape index (κ3) is 12.5. The van der Waals surface area contributed by atoms with Crippen LogP contribution in [0.4, 0.5) is 0 Å². The minimum Gasteiger partial charge on any atom is -0.469 e. The van der Waals surface area contributed by atoms with Crippen LogP contribution in [0.15, 0.2) is 23.3 Å². The van der Waals surface area contributed by atoms with Gasteiger partial charge in [0, 0.05) is 4.24 Å². The highest BCUT2D eigenvalue weighted by Gasteiger charge is 1.79. The smallest absolute Gasteiger partial charge is 0.270 e. The molecule has 72 valence electrons. The maximum atomic E-state index is 4.48. The van der Waals surface area contributed by atoms with Crippen LogP contribution < -0.4 is 0 Å². The summed E-state index contributed by atoms with van der Waals surface area (Å²) in [4.78, 5) is 0. The lowest BCUT2D eigenvalue weighted by atomic mass is 11.0. The monoisotopic (exact) mass is 208 g/mol. The van der Waals surface area contributed by atoms with E-state index in [4.69, 9.17) is 0 Å². The standard InChI is InChI=1S/C4H8O2.C4H8S2/c2*1-4(5-2)6-3/h2*1H2,2-3H3. The van der Waals surface area contributed by atoms with Gasteiger partial charge in [-0.3, -0.25) is 0 Å². The molecule has 0 aliphatic rings. The number of methoxy groups -OCH3 is 2.